The van der Waals surface area contributed by atoms with Crippen molar-refractivity contribution >= 4 is 29.2 Å². The molecule has 65 heavy (non-hydrogen) atoms. The first kappa shape index (κ1) is 43.2. The quantitative estimate of drug-likeness (QED) is 0.0698. The van der Waals surface area contributed by atoms with Crippen LogP contribution in [-0.2, 0) is 16.9 Å². The summed E-state index contributed by atoms with van der Waals surface area (Å²) < 4.78 is 12.2. The Bertz CT molecular complexity index is 2940. The van der Waals surface area contributed by atoms with Crippen LogP contribution in [0.4, 0.5) is 11.4 Å². The largest absolute Gasteiger partial charge is 0.478 e. The Morgan fingerprint density at radius 2 is 0.892 bits per heavy atom. The lowest BCUT2D eigenvalue weighted by molar-refractivity contribution is 0.0682. The molecular formula is C55H44N2O8. The molecule has 0 bridgehead atoms. The van der Waals surface area contributed by atoms with E-state index in [0.29, 0.717) is 45.5 Å². The van der Waals surface area contributed by atoms with E-state index in [2.05, 4.69) is 24.6 Å². The predicted molar refractivity (Wildman–Crippen MR) is 252 cm³/mol. The molecule has 0 aliphatic carbocycles. The second-order valence-corrected chi connectivity index (χ2v) is 15.7. The summed E-state index contributed by atoms with van der Waals surface area (Å²) in [5, 5.41) is 22.5. The van der Waals surface area contributed by atoms with Gasteiger partial charge in [0.15, 0.2) is 0 Å². The van der Waals surface area contributed by atoms with Crippen molar-refractivity contribution < 1.29 is 38.9 Å². The third-order valence-corrected chi connectivity index (χ3v) is 11.1. The number of carboxylic acids is 2. The molecule has 0 fully saturated rings. The number of carbonyl (C=O) groups excluding carboxylic acids is 1. The van der Waals surface area contributed by atoms with Crippen LogP contribution in [0, 0.1) is 0 Å². The summed E-state index contributed by atoms with van der Waals surface area (Å²) in [4.78, 5) is 42.9. The lowest BCUT2D eigenvalue weighted by Crippen LogP contribution is -2.18. The minimum absolute atomic E-state index is 0.0576. The fraction of sp³-hybridized carbons (Fsp3) is 0.0727. The van der Waals surface area contributed by atoms with Crippen LogP contribution in [0.15, 0.2) is 194 Å². The van der Waals surface area contributed by atoms with Crippen LogP contribution < -0.4 is 20.3 Å². The molecule has 322 valence electrons. The van der Waals surface area contributed by atoms with Gasteiger partial charge in [0.1, 0.15) is 29.6 Å². The third-order valence-electron chi connectivity index (χ3n) is 11.1. The van der Waals surface area contributed by atoms with Gasteiger partial charge in [0.2, 0.25) is 0 Å². The molecule has 0 atom stereocenters. The first-order valence-electron chi connectivity index (χ1n) is 20.8. The topological polar surface area (TPSA) is 143 Å². The zero-order chi connectivity index (χ0) is 45.3. The number of ether oxygens (including phenoxy) is 2. The van der Waals surface area contributed by atoms with E-state index in [0.717, 1.165) is 27.8 Å². The van der Waals surface area contributed by atoms with Crippen molar-refractivity contribution in [2.24, 2.45) is 0 Å². The van der Waals surface area contributed by atoms with E-state index < -0.39 is 17.8 Å². The number of hydrogen-bond donors (Lipinski definition) is 4. The van der Waals surface area contributed by atoms with E-state index in [9.17, 15) is 24.6 Å². The Kier molecular flexibility index (Phi) is 12.8. The SMILES string of the molecule is CC(C)(c1ccc(Oc2ccc(NOCc3ccc(-c4ccccc4)cc3C(=O)O)cc2)cc1)c1ccc(Oc2ccc(NC(=O)c3ccc(-c4ccccc4)cc3C(=O)O)cc2)cc1. The summed E-state index contributed by atoms with van der Waals surface area (Å²) in [5.41, 5.74) is 9.96. The molecule has 0 radical (unpaired) electrons. The fourth-order valence-corrected chi connectivity index (χ4v) is 7.35. The zero-order valence-corrected chi connectivity index (χ0v) is 35.5. The molecule has 0 spiro atoms. The lowest BCUT2D eigenvalue weighted by atomic mass is 9.78. The highest BCUT2D eigenvalue weighted by atomic mass is 16.6. The van der Waals surface area contributed by atoms with Gasteiger partial charge >= 0.3 is 11.9 Å². The molecule has 1 amide bonds. The average Bonchev–Trinajstić information content (AvgIpc) is 3.33. The molecule has 8 aromatic carbocycles. The van der Waals surface area contributed by atoms with Gasteiger partial charge in [-0.25, -0.2) is 9.59 Å². The van der Waals surface area contributed by atoms with E-state index in [1.165, 1.54) is 12.1 Å². The summed E-state index contributed by atoms with van der Waals surface area (Å²) in [6, 6.07) is 59.1. The minimum atomic E-state index is -1.18. The molecule has 8 aromatic rings. The molecule has 0 unspecified atom stereocenters. The van der Waals surface area contributed by atoms with Gasteiger partial charge < -0.3 is 25.0 Å². The minimum Gasteiger partial charge on any atom is -0.478 e. The van der Waals surface area contributed by atoms with Crippen molar-refractivity contribution in [2.45, 2.75) is 25.9 Å². The molecule has 10 nitrogen and oxygen atoms in total. The van der Waals surface area contributed by atoms with Gasteiger partial charge in [0, 0.05) is 11.1 Å². The Hall–Kier alpha value is -8.47. The molecule has 0 aliphatic heterocycles. The Morgan fingerprint density at radius 1 is 0.462 bits per heavy atom. The van der Waals surface area contributed by atoms with E-state index in [4.69, 9.17) is 14.3 Å². The van der Waals surface area contributed by atoms with Gasteiger partial charge in [-0.1, -0.05) is 117 Å². The lowest BCUT2D eigenvalue weighted by Gasteiger charge is -2.26. The molecule has 0 aliphatic rings. The van der Waals surface area contributed by atoms with Crippen LogP contribution in [0.5, 0.6) is 23.0 Å². The maximum absolute atomic E-state index is 13.2. The van der Waals surface area contributed by atoms with E-state index in [1.54, 1.807) is 42.5 Å². The van der Waals surface area contributed by atoms with Crippen molar-refractivity contribution in [1.29, 1.82) is 0 Å². The molecule has 0 heterocycles. The average molecular weight is 861 g/mol. The number of carbonyl (C=O) groups is 3. The molecule has 0 saturated heterocycles. The summed E-state index contributed by atoms with van der Waals surface area (Å²) in [7, 11) is 0. The first-order valence-corrected chi connectivity index (χ1v) is 20.8. The molecule has 8 rings (SSSR count). The monoisotopic (exact) mass is 860 g/mol. The highest BCUT2D eigenvalue weighted by molar-refractivity contribution is 6.11. The van der Waals surface area contributed by atoms with E-state index in [-0.39, 0.29) is 28.7 Å². The number of anilines is 2. The third kappa shape index (κ3) is 10.4. The molecular weight excluding hydrogens is 817 g/mol. The van der Waals surface area contributed by atoms with Crippen molar-refractivity contribution in [2.75, 3.05) is 10.8 Å². The maximum atomic E-state index is 13.2. The van der Waals surface area contributed by atoms with Gasteiger partial charge in [0.25, 0.3) is 5.91 Å². The van der Waals surface area contributed by atoms with Crippen molar-refractivity contribution in [3.63, 3.8) is 0 Å². The van der Waals surface area contributed by atoms with Crippen LogP contribution >= 0.6 is 0 Å². The summed E-state index contributed by atoms with van der Waals surface area (Å²) >= 11 is 0. The Labute approximate surface area is 376 Å². The van der Waals surface area contributed by atoms with E-state index >= 15 is 0 Å². The van der Waals surface area contributed by atoms with Crippen molar-refractivity contribution in [3.8, 4) is 45.3 Å². The van der Waals surface area contributed by atoms with Crippen LogP contribution in [0.1, 0.15) is 61.6 Å². The summed E-state index contributed by atoms with van der Waals surface area (Å²) in [5.74, 6) is -0.198. The normalized spacial score (nSPS) is 11.0. The van der Waals surface area contributed by atoms with Gasteiger partial charge in [-0.3, -0.25) is 15.1 Å². The molecule has 0 saturated carbocycles. The van der Waals surface area contributed by atoms with Gasteiger partial charge in [0.05, 0.1) is 22.4 Å². The smallest absolute Gasteiger partial charge is 0.336 e. The second-order valence-electron chi connectivity index (χ2n) is 15.7. The number of benzene rings is 8. The number of nitrogens with one attached hydrogen (secondary N) is 2. The number of hydrogen-bond acceptors (Lipinski definition) is 7. The predicted octanol–water partition coefficient (Wildman–Crippen LogP) is 13.1. The summed E-state index contributed by atoms with van der Waals surface area (Å²) in [6.45, 7) is 4.36. The van der Waals surface area contributed by atoms with Crippen LogP contribution in [0.3, 0.4) is 0 Å². The molecule has 0 aromatic heterocycles. The Morgan fingerprint density at radius 3 is 1.37 bits per heavy atom. The zero-order valence-electron chi connectivity index (χ0n) is 35.5. The highest BCUT2D eigenvalue weighted by Gasteiger charge is 2.24. The second kappa shape index (κ2) is 19.3. The fourth-order valence-electron chi connectivity index (χ4n) is 7.35. The highest BCUT2D eigenvalue weighted by Crippen LogP contribution is 2.35. The number of aromatic carboxylic acids is 2. The maximum Gasteiger partial charge on any atom is 0.336 e. The molecule has 10 heteroatoms. The number of amides is 1. The van der Waals surface area contributed by atoms with Gasteiger partial charge in [-0.05, 0) is 130 Å². The van der Waals surface area contributed by atoms with Crippen molar-refractivity contribution in [3.05, 3.63) is 228 Å². The van der Waals surface area contributed by atoms with Gasteiger partial charge in [-0.15, -0.1) is 0 Å². The standard InChI is InChI=1S/C55H44N2O8/c1-55(2,41-16-24-45(25-17-41)64-47-28-20-43(21-29-47)56-52(58)49-32-15-39(34-51(49)54(61)62)37-11-7-4-8-12-37)42-18-26-46(27-19-42)65-48-30-22-44(23-31-48)57-63-35-40-14-13-38(33-50(40)53(59)60)36-9-5-3-6-10-36/h3-34,57H,35H2,1-2H3,(H,56,58)(H,59,60)(H,61,62). The van der Waals surface area contributed by atoms with Crippen molar-refractivity contribution in [1.82, 2.24) is 0 Å². The Balaban J connectivity index is 0.823. The number of rotatable bonds is 16. The van der Waals surface area contributed by atoms with Crippen LogP contribution in [-0.4, -0.2) is 28.1 Å². The van der Waals surface area contributed by atoms with E-state index in [1.807, 2.05) is 140 Å². The summed E-state index contributed by atoms with van der Waals surface area (Å²) in [6.07, 6.45) is 0. The van der Waals surface area contributed by atoms with Crippen LogP contribution in [0.25, 0.3) is 22.3 Å². The number of carboxylic acid groups (broad SMARTS) is 2. The van der Waals surface area contributed by atoms with Crippen LogP contribution in [0.2, 0.25) is 0 Å². The first-order chi connectivity index (χ1) is 31.5. The van der Waals surface area contributed by atoms with Gasteiger partial charge in [-0.2, -0.15) is 0 Å². The molecule has 4 N–H and O–H groups in total.